The summed E-state index contributed by atoms with van der Waals surface area (Å²) in [5.41, 5.74) is 7.14. The maximum Gasteiger partial charge on any atom is 0.226 e. The fourth-order valence-electron chi connectivity index (χ4n) is 2.52. The van der Waals surface area contributed by atoms with E-state index in [2.05, 4.69) is 14.9 Å². The predicted molar refractivity (Wildman–Crippen MR) is 79.3 cm³/mol. The maximum atomic E-state index is 9.17. The van der Waals surface area contributed by atoms with E-state index in [0.29, 0.717) is 22.7 Å². The third kappa shape index (κ3) is 3.39. The Morgan fingerprint density at radius 2 is 2.32 bits per heavy atom. The third-order valence-corrected chi connectivity index (χ3v) is 3.65. The SMILES string of the molecule is Cc1cc(C(N)=S)nc(N2CCCCC2CCO)n1. The molecule has 1 unspecified atom stereocenters. The highest BCUT2D eigenvalue weighted by molar-refractivity contribution is 7.80. The summed E-state index contributed by atoms with van der Waals surface area (Å²) in [6.45, 7) is 3.03. The number of aliphatic hydroxyl groups is 1. The lowest BCUT2D eigenvalue weighted by atomic mass is 10.00. The normalized spacial score (nSPS) is 19.5. The minimum Gasteiger partial charge on any atom is -0.396 e. The summed E-state index contributed by atoms with van der Waals surface area (Å²) in [5, 5.41) is 9.17. The van der Waals surface area contributed by atoms with Crippen molar-refractivity contribution in [2.75, 3.05) is 18.1 Å². The van der Waals surface area contributed by atoms with Crippen LogP contribution in [0, 0.1) is 6.92 Å². The average molecular weight is 280 g/mol. The number of aromatic nitrogens is 2. The minimum absolute atomic E-state index is 0.190. The van der Waals surface area contributed by atoms with E-state index in [9.17, 15) is 5.11 Å². The van der Waals surface area contributed by atoms with Gasteiger partial charge >= 0.3 is 0 Å². The van der Waals surface area contributed by atoms with Crippen LogP contribution in [-0.2, 0) is 0 Å². The fourth-order valence-corrected chi connectivity index (χ4v) is 2.63. The summed E-state index contributed by atoms with van der Waals surface area (Å²) < 4.78 is 0. The Morgan fingerprint density at radius 1 is 1.53 bits per heavy atom. The molecule has 0 spiro atoms. The van der Waals surface area contributed by atoms with E-state index in [1.54, 1.807) is 6.07 Å². The molecule has 2 heterocycles. The molecule has 0 bridgehead atoms. The van der Waals surface area contributed by atoms with Crippen LogP contribution in [0.3, 0.4) is 0 Å². The van der Waals surface area contributed by atoms with Crippen molar-refractivity contribution in [1.29, 1.82) is 0 Å². The lowest BCUT2D eigenvalue weighted by Crippen LogP contribution is -2.41. The van der Waals surface area contributed by atoms with Crippen LogP contribution in [-0.4, -0.2) is 39.3 Å². The molecule has 1 aliphatic heterocycles. The van der Waals surface area contributed by atoms with Gasteiger partial charge in [-0.2, -0.15) is 0 Å². The molecule has 104 valence electrons. The van der Waals surface area contributed by atoms with Crippen LogP contribution in [0.2, 0.25) is 0 Å². The smallest absolute Gasteiger partial charge is 0.226 e. The molecular weight excluding hydrogens is 260 g/mol. The molecule has 1 fully saturated rings. The first kappa shape index (κ1) is 14.1. The van der Waals surface area contributed by atoms with Gasteiger partial charge in [0.15, 0.2) is 0 Å². The Kier molecular flexibility index (Phi) is 4.66. The molecule has 2 rings (SSSR count). The molecule has 1 aromatic rings. The molecular formula is C13H20N4OS. The molecule has 1 saturated heterocycles. The van der Waals surface area contributed by atoms with Crippen LogP contribution >= 0.6 is 12.2 Å². The molecule has 0 amide bonds. The molecule has 1 atom stereocenters. The number of aliphatic hydroxyl groups excluding tert-OH is 1. The van der Waals surface area contributed by atoms with Crippen molar-refractivity contribution in [3.63, 3.8) is 0 Å². The topological polar surface area (TPSA) is 75.3 Å². The van der Waals surface area contributed by atoms with Crippen molar-refractivity contribution in [3.05, 3.63) is 17.5 Å². The van der Waals surface area contributed by atoms with Crippen molar-refractivity contribution in [2.24, 2.45) is 5.73 Å². The average Bonchev–Trinajstić information content (AvgIpc) is 2.39. The van der Waals surface area contributed by atoms with Gasteiger partial charge in [-0.3, -0.25) is 0 Å². The number of nitrogens with two attached hydrogens (primary N) is 1. The van der Waals surface area contributed by atoms with Crippen LogP contribution in [0.25, 0.3) is 0 Å². The first-order valence-corrected chi connectivity index (χ1v) is 7.05. The molecule has 1 aliphatic rings. The standard InChI is InChI=1S/C13H20N4OS/c1-9-8-11(12(14)19)16-13(15-9)17-6-3-2-4-10(17)5-7-18/h8,10,18H,2-7H2,1H3,(H2,14,19). The van der Waals surface area contributed by atoms with E-state index >= 15 is 0 Å². The number of aryl methyl sites for hydroxylation is 1. The number of nitrogens with zero attached hydrogens (tertiary/aromatic N) is 3. The Bertz CT molecular complexity index is 464. The Hall–Kier alpha value is -1.27. The van der Waals surface area contributed by atoms with Crippen LogP contribution in [0.15, 0.2) is 6.07 Å². The van der Waals surface area contributed by atoms with E-state index in [0.717, 1.165) is 31.5 Å². The van der Waals surface area contributed by atoms with Crippen LogP contribution in [0.5, 0.6) is 0 Å². The summed E-state index contributed by atoms with van der Waals surface area (Å²) in [5.74, 6) is 0.681. The maximum absolute atomic E-state index is 9.17. The predicted octanol–water partition coefficient (Wildman–Crippen LogP) is 1.16. The monoisotopic (exact) mass is 280 g/mol. The molecule has 3 N–H and O–H groups in total. The van der Waals surface area contributed by atoms with Gasteiger partial charge in [0.25, 0.3) is 0 Å². The molecule has 1 aromatic heterocycles. The third-order valence-electron chi connectivity index (χ3n) is 3.44. The van der Waals surface area contributed by atoms with Gasteiger partial charge in [0.1, 0.15) is 10.7 Å². The zero-order valence-electron chi connectivity index (χ0n) is 11.2. The van der Waals surface area contributed by atoms with Crippen LogP contribution in [0.1, 0.15) is 37.1 Å². The molecule has 0 aliphatic carbocycles. The van der Waals surface area contributed by atoms with Crippen LogP contribution in [0.4, 0.5) is 5.95 Å². The summed E-state index contributed by atoms with van der Waals surface area (Å²) in [6, 6.07) is 2.11. The quantitative estimate of drug-likeness (QED) is 0.806. The second-order valence-corrected chi connectivity index (χ2v) is 5.35. The van der Waals surface area contributed by atoms with Crippen molar-refractivity contribution in [1.82, 2.24) is 9.97 Å². The van der Waals surface area contributed by atoms with Gasteiger partial charge in [0, 0.05) is 24.9 Å². The van der Waals surface area contributed by atoms with E-state index in [1.165, 1.54) is 6.42 Å². The second-order valence-electron chi connectivity index (χ2n) is 4.91. The molecule has 0 radical (unpaired) electrons. The number of piperidine rings is 1. The highest BCUT2D eigenvalue weighted by Gasteiger charge is 2.24. The van der Waals surface area contributed by atoms with Gasteiger partial charge in [-0.1, -0.05) is 12.2 Å². The van der Waals surface area contributed by atoms with Crippen molar-refractivity contribution in [3.8, 4) is 0 Å². The summed E-state index contributed by atoms with van der Waals surface area (Å²) in [4.78, 5) is 11.4. The number of rotatable bonds is 4. The first-order chi connectivity index (χ1) is 9.11. The Morgan fingerprint density at radius 3 is 3.00 bits per heavy atom. The molecule has 0 aromatic carbocycles. The van der Waals surface area contributed by atoms with Gasteiger partial charge in [-0.15, -0.1) is 0 Å². The lowest BCUT2D eigenvalue weighted by Gasteiger charge is -2.35. The summed E-state index contributed by atoms with van der Waals surface area (Å²) >= 11 is 4.99. The second kappa shape index (κ2) is 6.25. The highest BCUT2D eigenvalue weighted by atomic mass is 32.1. The number of anilines is 1. The summed E-state index contributed by atoms with van der Waals surface area (Å²) in [6.07, 6.45) is 4.14. The van der Waals surface area contributed by atoms with E-state index in [1.807, 2.05) is 6.92 Å². The van der Waals surface area contributed by atoms with Crippen molar-refractivity contribution in [2.45, 2.75) is 38.6 Å². The lowest BCUT2D eigenvalue weighted by molar-refractivity contribution is 0.261. The van der Waals surface area contributed by atoms with E-state index in [-0.39, 0.29) is 6.61 Å². The minimum atomic E-state index is 0.190. The molecule has 19 heavy (non-hydrogen) atoms. The zero-order valence-corrected chi connectivity index (χ0v) is 12.0. The Balaban J connectivity index is 2.30. The first-order valence-electron chi connectivity index (χ1n) is 6.65. The number of hydrogen-bond donors (Lipinski definition) is 2. The van der Waals surface area contributed by atoms with E-state index in [4.69, 9.17) is 18.0 Å². The van der Waals surface area contributed by atoms with Crippen molar-refractivity contribution >= 4 is 23.2 Å². The fraction of sp³-hybridized carbons (Fsp3) is 0.615. The zero-order chi connectivity index (χ0) is 13.8. The largest absolute Gasteiger partial charge is 0.396 e. The van der Waals surface area contributed by atoms with E-state index < -0.39 is 0 Å². The summed E-state index contributed by atoms with van der Waals surface area (Å²) in [7, 11) is 0. The number of thiocarbonyl (C=S) groups is 1. The molecule has 6 heteroatoms. The van der Waals surface area contributed by atoms with Gasteiger partial charge in [-0.25, -0.2) is 9.97 Å². The van der Waals surface area contributed by atoms with Crippen molar-refractivity contribution < 1.29 is 5.11 Å². The van der Waals surface area contributed by atoms with Gasteiger partial charge in [0.05, 0.1) is 0 Å². The molecule has 0 saturated carbocycles. The number of hydrogen-bond acceptors (Lipinski definition) is 5. The highest BCUT2D eigenvalue weighted by Crippen LogP contribution is 2.24. The van der Waals surface area contributed by atoms with Crippen LogP contribution < -0.4 is 10.6 Å². The van der Waals surface area contributed by atoms with Gasteiger partial charge in [-0.05, 0) is 38.7 Å². The van der Waals surface area contributed by atoms with Gasteiger partial charge in [0.2, 0.25) is 5.95 Å². The Labute approximate surface area is 118 Å². The molecule has 5 nitrogen and oxygen atoms in total. The van der Waals surface area contributed by atoms with Gasteiger partial charge < -0.3 is 15.7 Å².